The first-order chi connectivity index (χ1) is 14.9. The lowest BCUT2D eigenvalue weighted by atomic mass is 10.0. The molecule has 0 radical (unpaired) electrons. The molecule has 0 bridgehead atoms. The van der Waals surface area contributed by atoms with Crippen molar-refractivity contribution in [3.05, 3.63) is 112 Å². The van der Waals surface area contributed by atoms with Crippen LogP contribution in [0.5, 0.6) is 0 Å². The average molecular weight is 430 g/mol. The summed E-state index contributed by atoms with van der Waals surface area (Å²) in [6, 6.07) is 23.0. The van der Waals surface area contributed by atoms with Crippen LogP contribution in [-0.4, -0.2) is 11.7 Å². The lowest BCUT2D eigenvalue weighted by Crippen LogP contribution is -2.14. The zero-order valence-electron chi connectivity index (χ0n) is 17.1. The van der Waals surface area contributed by atoms with Crippen molar-refractivity contribution in [1.82, 2.24) is 0 Å². The zero-order chi connectivity index (χ0) is 22.0. The lowest BCUT2D eigenvalue weighted by molar-refractivity contribution is 0.0997. The standard InChI is InChI=1S/C26H20ClNO3/c1-16-8-9-19(14-17(16)2)23-12-13-24(31-23)26(30)28-22-11-10-20(27)15-21(22)25(29)18-6-4-3-5-7-18/h3-15H,1-2H3,(H,28,30). The first-order valence-electron chi connectivity index (χ1n) is 9.80. The molecule has 0 atom stereocenters. The molecule has 0 fully saturated rings. The van der Waals surface area contributed by atoms with Gasteiger partial charge in [0, 0.05) is 21.7 Å². The van der Waals surface area contributed by atoms with Crippen LogP contribution in [0.3, 0.4) is 0 Å². The maximum atomic E-state index is 13.0. The first kappa shape index (κ1) is 20.6. The third kappa shape index (κ3) is 4.44. The van der Waals surface area contributed by atoms with Crippen LogP contribution >= 0.6 is 11.6 Å². The van der Waals surface area contributed by atoms with E-state index in [1.54, 1.807) is 54.6 Å². The van der Waals surface area contributed by atoms with E-state index in [1.165, 1.54) is 5.56 Å². The molecule has 1 aromatic heterocycles. The van der Waals surface area contributed by atoms with Crippen LogP contribution < -0.4 is 5.32 Å². The third-order valence-electron chi connectivity index (χ3n) is 5.13. The molecule has 0 saturated heterocycles. The Morgan fingerprint density at radius 3 is 2.35 bits per heavy atom. The summed E-state index contributed by atoms with van der Waals surface area (Å²) in [5.74, 6) is 0.0828. The van der Waals surface area contributed by atoms with Gasteiger partial charge in [0.1, 0.15) is 5.76 Å². The van der Waals surface area contributed by atoms with Gasteiger partial charge in [-0.15, -0.1) is 0 Å². The van der Waals surface area contributed by atoms with E-state index in [9.17, 15) is 9.59 Å². The summed E-state index contributed by atoms with van der Waals surface area (Å²) in [6.07, 6.45) is 0. The summed E-state index contributed by atoms with van der Waals surface area (Å²) in [7, 11) is 0. The van der Waals surface area contributed by atoms with Crippen molar-refractivity contribution in [2.24, 2.45) is 0 Å². The van der Waals surface area contributed by atoms with Crippen molar-refractivity contribution in [3.63, 3.8) is 0 Å². The van der Waals surface area contributed by atoms with Gasteiger partial charge >= 0.3 is 0 Å². The van der Waals surface area contributed by atoms with Crippen LogP contribution in [0.25, 0.3) is 11.3 Å². The fourth-order valence-electron chi connectivity index (χ4n) is 3.25. The van der Waals surface area contributed by atoms with E-state index in [0.717, 1.165) is 11.1 Å². The van der Waals surface area contributed by atoms with E-state index in [4.69, 9.17) is 16.0 Å². The van der Waals surface area contributed by atoms with Crippen molar-refractivity contribution in [2.45, 2.75) is 13.8 Å². The number of aryl methyl sites for hydroxylation is 2. The van der Waals surface area contributed by atoms with Crippen LogP contribution in [0.2, 0.25) is 5.02 Å². The van der Waals surface area contributed by atoms with Crippen molar-refractivity contribution in [1.29, 1.82) is 0 Å². The molecule has 4 rings (SSSR count). The highest BCUT2D eigenvalue weighted by Crippen LogP contribution is 2.27. The van der Waals surface area contributed by atoms with E-state index in [2.05, 4.69) is 5.32 Å². The van der Waals surface area contributed by atoms with Crippen molar-refractivity contribution >= 4 is 29.0 Å². The molecule has 0 aliphatic rings. The van der Waals surface area contributed by atoms with Crippen molar-refractivity contribution in [2.75, 3.05) is 5.32 Å². The second kappa shape index (κ2) is 8.62. The SMILES string of the molecule is Cc1ccc(-c2ccc(C(=O)Nc3ccc(Cl)cc3C(=O)c3ccccc3)o2)cc1C. The number of carbonyl (C=O) groups excluding carboxylic acids is 2. The van der Waals surface area contributed by atoms with E-state index < -0.39 is 5.91 Å². The summed E-state index contributed by atoms with van der Waals surface area (Å²) in [5, 5.41) is 3.19. The topological polar surface area (TPSA) is 59.3 Å². The van der Waals surface area contributed by atoms with Gasteiger partial charge in [0.2, 0.25) is 0 Å². The molecule has 154 valence electrons. The predicted molar refractivity (Wildman–Crippen MR) is 123 cm³/mol. The number of hydrogen-bond acceptors (Lipinski definition) is 3. The van der Waals surface area contributed by atoms with Crippen LogP contribution in [0, 0.1) is 13.8 Å². The van der Waals surface area contributed by atoms with E-state index in [0.29, 0.717) is 27.6 Å². The van der Waals surface area contributed by atoms with E-state index in [-0.39, 0.29) is 11.5 Å². The summed E-state index contributed by atoms with van der Waals surface area (Å²) >= 11 is 6.11. The molecule has 4 aromatic rings. The molecule has 0 aliphatic carbocycles. The van der Waals surface area contributed by atoms with Gasteiger partial charge < -0.3 is 9.73 Å². The summed E-state index contributed by atoms with van der Waals surface area (Å²) < 4.78 is 5.78. The molecule has 0 saturated carbocycles. The average Bonchev–Trinajstić information content (AvgIpc) is 3.27. The quantitative estimate of drug-likeness (QED) is 0.359. The molecular weight excluding hydrogens is 410 g/mol. The molecule has 5 heteroatoms. The highest BCUT2D eigenvalue weighted by atomic mass is 35.5. The number of halogens is 1. The Balaban J connectivity index is 1.60. The number of hydrogen-bond donors (Lipinski definition) is 1. The van der Waals surface area contributed by atoms with Gasteiger partial charge in [-0.25, -0.2) is 0 Å². The van der Waals surface area contributed by atoms with Gasteiger partial charge in [-0.05, 0) is 61.4 Å². The summed E-state index contributed by atoms with van der Waals surface area (Å²) in [5.41, 5.74) is 4.42. The summed E-state index contributed by atoms with van der Waals surface area (Å²) in [4.78, 5) is 25.8. The maximum absolute atomic E-state index is 13.0. The molecule has 4 nitrogen and oxygen atoms in total. The number of anilines is 1. The largest absolute Gasteiger partial charge is 0.451 e. The number of amides is 1. The fourth-order valence-corrected chi connectivity index (χ4v) is 3.42. The minimum Gasteiger partial charge on any atom is -0.451 e. The molecular formula is C26H20ClNO3. The lowest BCUT2D eigenvalue weighted by Gasteiger charge is -2.10. The van der Waals surface area contributed by atoms with Gasteiger partial charge in [-0.2, -0.15) is 0 Å². The van der Waals surface area contributed by atoms with Crippen LogP contribution in [-0.2, 0) is 0 Å². The second-order valence-corrected chi connectivity index (χ2v) is 7.74. The zero-order valence-corrected chi connectivity index (χ0v) is 17.9. The number of rotatable bonds is 5. The van der Waals surface area contributed by atoms with Crippen LogP contribution in [0.1, 0.15) is 37.6 Å². The van der Waals surface area contributed by atoms with E-state index in [1.807, 2.05) is 38.1 Å². The first-order valence-corrected chi connectivity index (χ1v) is 10.2. The maximum Gasteiger partial charge on any atom is 0.291 e. The normalized spacial score (nSPS) is 10.7. The van der Waals surface area contributed by atoms with Crippen molar-refractivity contribution in [3.8, 4) is 11.3 Å². The Labute approximate surface area is 185 Å². The number of ketones is 1. The van der Waals surface area contributed by atoms with Crippen LogP contribution in [0.4, 0.5) is 5.69 Å². The second-order valence-electron chi connectivity index (χ2n) is 7.30. The molecule has 1 heterocycles. The van der Waals surface area contributed by atoms with Gasteiger partial charge in [0.25, 0.3) is 5.91 Å². The van der Waals surface area contributed by atoms with Gasteiger partial charge in [0.15, 0.2) is 11.5 Å². The minimum atomic E-state index is -0.445. The van der Waals surface area contributed by atoms with Gasteiger partial charge in [-0.1, -0.05) is 54.1 Å². The van der Waals surface area contributed by atoms with E-state index >= 15 is 0 Å². The molecule has 3 aromatic carbocycles. The Bertz CT molecular complexity index is 1280. The predicted octanol–water partition coefficient (Wildman–Crippen LogP) is 6.70. The third-order valence-corrected chi connectivity index (χ3v) is 5.37. The number of nitrogens with one attached hydrogen (secondary N) is 1. The Hall–Kier alpha value is -3.63. The van der Waals surface area contributed by atoms with Crippen LogP contribution in [0.15, 0.2) is 83.3 Å². The van der Waals surface area contributed by atoms with Gasteiger partial charge in [0.05, 0.1) is 5.69 Å². The smallest absolute Gasteiger partial charge is 0.291 e. The number of furan rings is 1. The highest BCUT2D eigenvalue weighted by molar-refractivity contribution is 6.31. The molecule has 1 amide bonds. The molecule has 0 unspecified atom stereocenters. The monoisotopic (exact) mass is 429 g/mol. The number of benzene rings is 3. The Morgan fingerprint density at radius 1 is 0.839 bits per heavy atom. The highest BCUT2D eigenvalue weighted by Gasteiger charge is 2.18. The molecule has 1 N–H and O–H groups in total. The Morgan fingerprint density at radius 2 is 1.61 bits per heavy atom. The van der Waals surface area contributed by atoms with Crippen molar-refractivity contribution < 1.29 is 14.0 Å². The molecule has 0 spiro atoms. The van der Waals surface area contributed by atoms with Gasteiger partial charge in [-0.3, -0.25) is 9.59 Å². The molecule has 31 heavy (non-hydrogen) atoms. The summed E-state index contributed by atoms with van der Waals surface area (Å²) in [6.45, 7) is 4.07. The fraction of sp³-hybridized carbons (Fsp3) is 0.0769. The Kier molecular flexibility index (Phi) is 5.74. The minimum absolute atomic E-state index is 0.154. The number of carbonyl (C=O) groups is 2. The molecule has 0 aliphatic heterocycles.